The Kier molecular flexibility index (Phi) is 2.00. The van der Waals surface area contributed by atoms with Crippen LogP contribution in [0, 0.1) is 0 Å². The van der Waals surface area contributed by atoms with Crippen LogP contribution in [0.15, 0.2) is 0 Å². The summed E-state index contributed by atoms with van der Waals surface area (Å²) in [5.41, 5.74) is 0. The molecule has 58 valence electrons. The first-order valence-corrected chi connectivity index (χ1v) is 2.82. The summed E-state index contributed by atoms with van der Waals surface area (Å²) in [5, 5.41) is 26.3. The summed E-state index contributed by atoms with van der Waals surface area (Å²) in [6, 6.07) is 0. The maximum atomic E-state index is 10.0. The van der Waals surface area contributed by atoms with Crippen molar-refractivity contribution in [2.45, 2.75) is 24.6 Å². The smallest absolute Gasteiger partial charge is 0.184 e. The molecule has 4 atom stereocenters. The molecule has 1 heterocycles. The van der Waals surface area contributed by atoms with Crippen LogP contribution in [-0.2, 0) is 9.53 Å². The van der Waals surface area contributed by atoms with Crippen LogP contribution in [0.3, 0.4) is 0 Å². The molecule has 0 radical (unpaired) electrons. The van der Waals surface area contributed by atoms with Gasteiger partial charge in [-0.25, -0.2) is 0 Å². The third-order valence-corrected chi connectivity index (χ3v) is 1.41. The Bertz CT molecular complexity index is 136. The summed E-state index contributed by atoms with van der Waals surface area (Å²) in [6.07, 6.45) is -4.91. The van der Waals surface area contributed by atoms with Crippen molar-refractivity contribution in [2.24, 2.45) is 0 Å². The molecule has 0 aromatic carbocycles. The molecule has 1 rings (SSSR count). The second kappa shape index (κ2) is 2.63. The van der Waals surface area contributed by atoms with Crippen molar-refractivity contribution in [3.05, 3.63) is 0 Å². The summed E-state index contributed by atoms with van der Waals surface area (Å²) in [6.45, 7) is 0. The van der Waals surface area contributed by atoms with Crippen LogP contribution in [0.1, 0.15) is 0 Å². The number of hydrogen-bond donors (Lipinski definition) is 3. The lowest BCUT2D eigenvalue weighted by molar-refractivity contribution is -0.140. The first-order valence-electron chi connectivity index (χ1n) is 2.82. The summed E-state index contributed by atoms with van der Waals surface area (Å²) in [4.78, 5) is 10.0. The molecule has 1 aliphatic heterocycles. The summed E-state index contributed by atoms with van der Waals surface area (Å²) in [5.74, 6) is 0. The molecule has 1 aliphatic rings. The van der Waals surface area contributed by atoms with Gasteiger partial charge in [0.1, 0.15) is 18.3 Å². The molecular weight excluding hydrogens is 140 g/mol. The fourth-order valence-corrected chi connectivity index (χ4v) is 0.798. The number of aldehydes is 1. The molecule has 10 heavy (non-hydrogen) atoms. The van der Waals surface area contributed by atoms with E-state index in [0.29, 0.717) is 6.29 Å². The predicted octanol–water partition coefficient (Wildman–Crippen LogP) is -2.38. The van der Waals surface area contributed by atoms with Gasteiger partial charge in [-0.05, 0) is 0 Å². The van der Waals surface area contributed by atoms with E-state index in [4.69, 9.17) is 15.3 Å². The predicted molar refractivity (Wildman–Crippen MR) is 29.0 cm³/mol. The van der Waals surface area contributed by atoms with Gasteiger partial charge in [-0.1, -0.05) is 0 Å². The van der Waals surface area contributed by atoms with Gasteiger partial charge in [-0.2, -0.15) is 0 Å². The van der Waals surface area contributed by atoms with Gasteiger partial charge in [-0.3, -0.25) is 0 Å². The maximum Gasteiger partial charge on any atom is 0.184 e. The standard InChI is InChI=1S/C5H8O5/c6-1-2-3(7)4(8)5(9)10-2/h1-5,7-9H. The third kappa shape index (κ3) is 1.04. The van der Waals surface area contributed by atoms with Gasteiger partial charge < -0.3 is 24.9 Å². The normalized spacial score (nSPS) is 47.5. The number of ether oxygens (including phenoxy) is 1. The zero-order chi connectivity index (χ0) is 7.72. The zero-order valence-corrected chi connectivity index (χ0v) is 5.04. The number of carbonyl (C=O) groups excluding carboxylic acids is 1. The van der Waals surface area contributed by atoms with Crippen LogP contribution < -0.4 is 0 Å². The first kappa shape index (κ1) is 7.62. The second-order valence-corrected chi connectivity index (χ2v) is 2.11. The molecule has 0 aromatic heterocycles. The lowest BCUT2D eigenvalue weighted by Crippen LogP contribution is -2.32. The minimum absolute atomic E-state index is 0.337. The SMILES string of the molecule is O=CC1OC(O)C(O)C1O. The Balaban J connectivity index is 2.61. The van der Waals surface area contributed by atoms with Crippen molar-refractivity contribution in [3.63, 3.8) is 0 Å². The van der Waals surface area contributed by atoms with Crippen molar-refractivity contribution >= 4 is 6.29 Å². The van der Waals surface area contributed by atoms with Gasteiger partial charge in [0.25, 0.3) is 0 Å². The van der Waals surface area contributed by atoms with Crippen molar-refractivity contribution < 1.29 is 24.9 Å². The minimum atomic E-state index is -1.45. The second-order valence-electron chi connectivity index (χ2n) is 2.11. The molecular formula is C5H8O5. The van der Waals surface area contributed by atoms with Crippen LogP contribution in [0.4, 0.5) is 0 Å². The van der Waals surface area contributed by atoms with E-state index < -0.39 is 24.6 Å². The molecule has 5 nitrogen and oxygen atoms in total. The minimum Gasteiger partial charge on any atom is -0.387 e. The van der Waals surface area contributed by atoms with Crippen molar-refractivity contribution in [1.82, 2.24) is 0 Å². The topological polar surface area (TPSA) is 87.0 Å². The van der Waals surface area contributed by atoms with Crippen LogP contribution in [0.2, 0.25) is 0 Å². The molecule has 0 aliphatic carbocycles. The molecule has 0 spiro atoms. The van der Waals surface area contributed by atoms with Crippen LogP contribution in [0.25, 0.3) is 0 Å². The molecule has 0 saturated carbocycles. The summed E-state index contributed by atoms with van der Waals surface area (Å²) in [7, 11) is 0. The highest BCUT2D eigenvalue weighted by atomic mass is 16.6. The number of carbonyl (C=O) groups is 1. The molecule has 0 bridgehead atoms. The average molecular weight is 148 g/mol. The van der Waals surface area contributed by atoms with E-state index in [1.54, 1.807) is 0 Å². The van der Waals surface area contributed by atoms with Crippen molar-refractivity contribution in [1.29, 1.82) is 0 Å². The maximum absolute atomic E-state index is 10.0. The van der Waals surface area contributed by atoms with E-state index in [2.05, 4.69) is 4.74 Å². The van der Waals surface area contributed by atoms with Gasteiger partial charge in [0.2, 0.25) is 0 Å². The Hall–Kier alpha value is -0.490. The first-order chi connectivity index (χ1) is 4.66. The quantitative estimate of drug-likeness (QED) is 0.361. The van der Waals surface area contributed by atoms with E-state index in [1.807, 2.05) is 0 Å². The highest BCUT2D eigenvalue weighted by Crippen LogP contribution is 2.17. The summed E-state index contributed by atoms with van der Waals surface area (Å²) >= 11 is 0. The van der Waals surface area contributed by atoms with E-state index in [9.17, 15) is 4.79 Å². The number of rotatable bonds is 1. The van der Waals surface area contributed by atoms with Gasteiger partial charge in [-0.15, -0.1) is 0 Å². The largest absolute Gasteiger partial charge is 0.387 e. The van der Waals surface area contributed by atoms with Crippen LogP contribution in [-0.4, -0.2) is 46.2 Å². The monoisotopic (exact) mass is 148 g/mol. The molecule has 5 heteroatoms. The third-order valence-electron chi connectivity index (χ3n) is 1.41. The highest BCUT2D eigenvalue weighted by Gasteiger charge is 2.41. The fourth-order valence-electron chi connectivity index (χ4n) is 0.798. The Morgan fingerprint density at radius 1 is 1.20 bits per heavy atom. The van der Waals surface area contributed by atoms with E-state index in [0.717, 1.165) is 0 Å². The van der Waals surface area contributed by atoms with E-state index in [1.165, 1.54) is 0 Å². The number of hydrogen-bond acceptors (Lipinski definition) is 5. The van der Waals surface area contributed by atoms with Crippen molar-refractivity contribution in [3.8, 4) is 0 Å². The zero-order valence-electron chi connectivity index (χ0n) is 5.04. The van der Waals surface area contributed by atoms with Gasteiger partial charge >= 0.3 is 0 Å². The molecule has 1 fully saturated rings. The molecule has 3 N–H and O–H groups in total. The Morgan fingerprint density at radius 2 is 1.80 bits per heavy atom. The van der Waals surface area contributed by atoms with Gasteiger partial charge in [0.05, 0.1) is 0 Å². The lowest BCUT2D eigenvalue weighted by atomic mass is 10.1. The van der Waals surface area contributed by atoms with E-state index >= 15 is 0 Å². The van der Waals surface area contributed by atoms with Crippen molar-refractivity contribution in [2.75, 3.05) is 0 Å². The van der Waals surface area contributed by atoms with E-state index in [-0.39, 0.29) is 0 Å². The molecule has 0 aromatic rings. The fraction of sp³-hybridized carbons (Fsp3) is 0.800. The number of aliphatic hydroxyl groups excluding tert-OH is 3. The molecule has 4 unspecified atom stereocenters. The molecule has 0 amide bonds. The van der Waals surface area contributed by atoms with Crippen LogP contribution >= 0.6 is 0 Å². The van der Waals surface area contributed by atoms with Gasteiger partial charge in [0.15, 0.2) is 12.6 Å². The van der Waals surface area contributed by atoms with Crippen LogP contribution in [0.5, 0.6) is 0 Å². The molecule has 1 saturated heterocycles. The highest BCUT2D eigenvalue weighted by molar-refractivity contribution is 5.58. The lowest BCUT2D eigenvalue weighted by Gasteiger charge is -2.06. The average Bonchev–Trinajstić information content (AvgIpc) is 2.17. The Labute approximate surface area is 56.9 Å². The summed E-state index contributed by atoms with van der Waals surface area (Å²) < 4.78 is 4.42. The van der Waals surface area contributed by atoms with Gasteiger partial charge in [0, 0.05) is 0 Å². The Morgan fingerprint density at radius 3 is 2.00 bits per heavy atom. The number of aliphatic hydroxyl groups is 3.